The van der Waals surface area contributed by atoms with Crippen molar-refractivity contribution in [1.29, 1.82) is 5.26 Å². The van der Waals surface area contributed by atoms with E-state index in [1.807, 2.05) is 0 Å². The average molecular weight is 517 g/mol. The number of nitriles is 1. The molecule has 3 rings (SSSR count). The van der Waals surface area contributed by atoms with Crippen molar-refractivity contribution in [3.63, 3.8) is 0 Å². The fourth-order valence-corrected chi connectivity index (χ4v) is 4.10. The third kappa shape index (κ3) is 5.82. The van der Waals surface area contributed by atoms with Gasteiger partial charge in [0.15, 0.2) is 15.9 Å². The number of carbonyl (C=O) groups is 1. The molecule has 35 heavy (non-hydrogen) atoms. The van der Waals surface area contributed by atoms with Gasteiger partial charge in [-0.2, -0.15) is 18.4 Å². The summed E-state index contributed by atoms with van der Waals surface area (Å²) in [6.07, 6.45) is -6.09. The first-order chi connectivity index (χ1) is 16.2. The largest absolute Gasteiger partial charge is 0.480 e. The topological polar surface area (TPSA) is 90.7 Å². The molecule has 188 valence electrons. The normalized spacial score (nSPS) is 15.5. The summed E-state index contributed by atoms with van der Waals surface area (Å²) in [7, 11) is -3.78. The Morgan fingerprint density at radius 3 is 2.26 bits per heavy atom. The van der Waals surface area contributed by atoms with Crippen molar-refractivity contribution in [3.8, 4) is 11.8 Å². The lowest BCUT2D eigenvalue weighted by Gasteiger charge is -2.36. The molecule has 0 aromatic heterocycles. The molecule has 0 N–H and O–H groups in total. The molecule has 7 nitrogen and oxygen atoms in total. The standard InChI is InChI=1S/C22H20F5N3O4S/c1-13(22(25,26)27)34-20-4-3-15(35(2,32)33)10-16(20)21(31)30-7-5-29(6-8-30)19-11-17(23)14(12-28)9-18(19)24/h3-4,9-11,13H,5-8H2,1-2H3. The molecule has 1 saturated heterocycles. The van der Waals surface area contributed by atoms with Gasteiger partial charge in [0.05, 0.1) is 21.7 Å². The van der Waals surface area contributed by atoms with Crippen molar-refractivity contribution in [3.05, 3.63) is 53.1 Å². The molecule has 1 amide bonds. The van der Waals surface area contributed by atoms with Gasteiger partial charge in [0, 0.05) is 38.5 Å². The molecule has 0 saturated carbocycles. The van der Waals surface area contributed by atoms with Gasteiger partial charge in [-0.3, -0.25) is 4.79 Å². The minimum atomic E-state index is -4.72. The first-order valence-electron chi connectivity index (χ1n) is 10.2. The number of ether oxygens (including phenoxy) is 1. The monoisotopic (exact) mass is 517 g/mol. The van der Waals surface area contributed by atoms with E-state index >= 15 is 0 Å². The van der Waals surface area contributed by atoms with E-state index in [0.29, 0.717) is 0 Å². The van der Waals surface area contributed by atoms with Crippen LogP contribution in [0.2, 0.25) is 0 Å². The number of carbonyl (C=O) groups excluding carboxylic acids is 1. The molecule has 13 heteroatoms. The lowest BCUT2D eigenvalue weighted by Crippen LogP contribution is -2.49. The zero-order chi connectivity index (χ0) is 26.1. The Labute approximate surface area is 198 Å². The van der Waals surface area contributed by atoms with Crippen LogP contribution in [0.25, 0.3) is 0 Å². The molecule has 1 unspecified atom stereocenters. The molecule has 2 aromatic carbocycles. The first-order valence-corrected chi connectivity index (χ1v) is 12.1. The highest BCUT2D eigenvalue weighted by atomic mass is 32.2. The summed E-state index contributed by atoms with van der Waals surface area (Å²) in [5.74, 6) is -2.93. The van der Waals surface area contributed by atoms with Crippen LogP contribution in [0.15, 0.2) is 35.2 Å². The zero-order valence-corrected chi connectivity index (χ0v) is 19.4. The van der Waals surface area contributed by atoms with Crippen LogP contribution in [-0.4, -0.2) is 63.9 Å². The van der Waals surface area contributed by atoms with Crippen molar-refractivity contribution in [2.24, 2.45) is 0 Å². The first kappa shape index (κ1) is 26.2. The zero-order valence-electron chi connectivity index (χ0n) is 18.6. The summed E-state index contributed by atoms with van der Waals surface area (Å²) in [5.41, 5.74) is -0.921. The third-order valence-electron chi connectivity index (χ3n) is 5.44. The maximum Gasteiger partial charge on any atom is 0.425 e. The molecule has 0 bridgehead atoms. The predicted molar refractivity (Wildman–Crippen MR) is 115 cm³/mol. The smallest absolute Gasteiger partial charge is 0.425 e. The van der Waals surface area contributed by atoms with E-state index in [9.17, 15) is 35.2 Å². The number of rotatable bonds is 5. The van der Waals surface area contributed by atoms with E-state index in [1.54, 1.807) is 0 Å². The Balaban J connectivity index is 1.85. The van der Waals surface area contributed by atoms with E-state index < -0.39 is 51.0 Å². The van der Waals surface area contributed by atoms with Crippen molar-refractivity contribution >= 4 is 21.4 Å². The van der Waals surface area contributed by atoms with Gasteiger partial charge < -0.3 is 14.5 Å². The summed E-state index contributed by atoms with van der Waals surface area (Å²) in [6.45, 7) is 0.821. The summed E-state index contributed by atoms with van der Waals surface area (Å²) in [5, 5.41) is 8.81. The second-order valence-electron chi connectivity index (χ2n) is 7.91. The predicted octanol–water partition coefficient (Wildman–Crippen LogP) is 3.53. The summed E-state index contributed by atoms with van der Waals surface area (Å²) < 4.78 is 96.1. The summed E-state index contributed by atoms with van der Waals surface area (Å²) >= 11 is 0. The third-order valence-corrected chi connectivity index (χ3v) is 6.55. The van der Waals surface area contributed by atoms with E-state index in [2.05, 4.69) is 0 Å². The number of sulfone groups is 1. The van der Waals surface area contributed by atoms with Gasteiger partial charge in [-0.1, -0.05) is 0 Å². The van der Waals surface area contributed by atoms with Gasteiger partial charge in [-0.05, 0) is 31.2 Å². The highest BCUT2D eigenvalue weighted by Crippen LogP contribution is 2.31. The highest BCUT2D eigenvalue weighted by molar-refractivity contribution is 7.90. The van der Waals surface area contributed by atoms with Crippen LogP contribution in [0.5, 0.6) is 5.75 Å². The lowest BCUT2D eigenvalue weighted by atomic mass is 10.1. The lowest BCUT2D eigenvalue weighted by molar-refractivity contribution is -0.189. The van der Waals surface area contributed by atoms with Crippen LogP contribution in [0, 0.1) is 23.0 Å². The highest BCUT2D eigenvalue weighted by Gasteiger charge is 2.39. The molecule has 0 spiro atoms. The van der Waals surface area contributed by atoms with Crippen molar-refractivity contribution in [1.82, 2.24) is 4.90 Å². The second kappa shape index (κ2) is 9.69. The van der Waals surface area contributed by atoms with Crippen molar-refractivity contribution in [2.75, 3.05) is 37.3 Å². The van der Waals surface area contributed by atoms with Gasteiger partial charge in [0.25, 0.3) is 5.91 Å². The van der Waals surface area contributed by atoms with E-state index in [-0.39, 0.29) is 42.3 Å². The minimum absolute atomic E-state index is 0.0166. The maximum atomic E-state index is 14.3. The van der Waals surface area contributed by atoms with Gasteiger partial charge in [-0.25, -0.2) is 17.2 Å². The molecule has 0 aliphatic carbocycles. The van der Waals surface area contributed by atoms with Crippen LogP contribution in [0.3, 0.4) is 0 Å². The van der Waals surface area contributed by atoms with E-state index in [1.165, 1.54) is 15.9 Å². The number of nitrogens with zero attached hydrogens (tertiary/aromatic N) is 3. The van der Waals surface area contributed by atoms with Crippen molar-refractivity contribution in [2.45, 2.75) is 24.1 Å². The van der Waals surface area contributed by atoms with Crippen LogP contribution in [-0.2, 0) is 9.84 Å². The fourth-order valence-electron chi connectivity index (χ4n) is 3.45. The molecule has 0 radical (unpaired) electrons. The van der Waals surface area contributed by atoms with E-state index in [4.69, 9.17) is 10.00 Å². The Morgan fingerprint density at radius 1 is 1.09 bits per heavy atom. The van der Waals surface area contributed by atoms with Gasteiger partial charge in [0.2, 0.25) is 0 Å². The fraction of sp³-hybridized carbons (Fsp3) is 0.364. The van der Waals surface area contributed by atoms with Gasteiger partial charge in [-0.15, -0.1) is 0 Å². The van der Waals surface area contributed by atoms with Crippen LogP contribution >= 0.6 is 0 Å². The summed E-state index contributed by atoms with van der Waals surface area (Å²) in [6, 6.07) is 6.19. The van der Waals surface area contributed by atoms with E-state index in [0.717, 1.165) is 43.5 Å². The van der Waals surface area contributed by atoms with Gasteiger partial charge in [0.1, 0.15) is 23.5 Å². The summed E-state index contributed by atoms with van der Waals surface area (Å²) in [4.78, 5) is 15.6. The number of amides is 1. The van der Waals surface area contributed by atoms with Crippen LogP contribution in [0.4, 0.5) is 27.6 Å². The Kier molecular flexibility index (Phi) is 7.26. The number of piperazine rings is 1. The SMILES string of the molecule is CC(Oc1ccc(S(C)(=O)=O)cc1C(=O)N1CCN(c2cc(F)c(C#N)cc2F)CC1)C(F)(F)F. The Hall–Kier alpha value is -3.40. The second-order valence-corrected chi connectivity index (χ2v) is 9.92. The molecule has 1 fully saturated rings. The van der Waals surface area contributed by atoms with Crippen LogP contribution in [0.1, 0.15) is 22.8 Å². The number of anilines is 1. The van der Waals surface area contributed by atoms with Crippen molar-refractivity contribution < 1.29 is 39.9 Å². The average Bonchev–Trinajstić information content (AvgIpc) is 2.78. The number of hydrogen-bond donors (Lipinski definition) is 0. The minimum Gasteiger partial charge on any atom is -0.480 e. The number of hydrogen-bond acceptors (Lipinski definition) is 6. The Morgan fingerprint density at radius 2 is 1.71 bits per heavy atom. The number of halogens is 5. The van der Waals surface area contributed by atoms with Gasteiger partial charge >= 0.3 is 6.18 Å². The number of alkyl halides is 3. The number of benzene rings is 2. The van der Waals surface area contributed by atoms with Crippen LogP contribution < -0.4 is 9.64 Å². The Bertz CT molecular complexity index is 1280. The molecule has 2 aromatic rings. The molecule has 1 heterocycles. The molecular weight excluding hydrogens is 497 g/mol. The molecule has 1 aliphatic heterocycles. The quantitative estimate of drug-likeness (QED) is 0.564. The maximum absolute atomic E-state index is 14.3. The molecule has 1 atom stereocenters. The molecule has 1 aliphatic rings. The molecular formula is C22H20F5N3O4S.